The van der Waals surface area contributed by atoms with Crippen molar-refractivity contribution in [2.24, 2.45) is 0 Å². The van der Waals surface area contributed by atoms with Crippen molar-refractivity contribution in [2.75, 3.05) is 25.2 Å². The van der Waals surface area contributed by atoms with Crippen LogP contribution in [0, 0.1) is 0 Å². The summed E-state index contributed by atoms with van der Waals surface area (Å²) in [5, 5.41) is 3.03. The van der Waals surface area contributed by atoms with Crippen LogP contribution in [0.3, 0.4) is 0 Å². The third-order valence-corrected chi connectivity index (χ3v) is 2.05. The van der Waals surface area contributed by atoms with Gasteiger partial charge in [0.1, 0.15) is 0 Å². The molecule has 1 rings (SSSR count). The normalized spacial score (nSPS) is 11.3. The summed E-state index contributed by atoms with van der Waals surface area (Å²) in [5.74, 6) is 0. The molecule has 0 aromatic carbocycles. The second-order valence-electron chi connectivity index (χ2n) is 2.82. The summed E-state index contributed by atoms with van der Waals surface area (Å²) in [6.07, 6.45) is 3.35. The second kappa shape index (κ2) is 7.06. The predicted molar refractivity (Wildman–Crippen MR) is 65.0 cm³/mol. The number of aromatic nitrogens is 1. The highest BCUT2D eigenvalue weighted by Crippen LogP contribution is 2.28. The number of anilines is 2. The Balaban J connectivity index is 0.000000921. The second-order valence-corrected chi connectivity index (χ2v) is 2.82. The highest BCUT2D eigenvalue weighted by molar-refractivity contribution is 5.62. The molecular formula is C11H21N3O. The van der Waals surface area contributed by atoms with Crippen molar-refractivity contribution in [1.82, 2.24) is 4.98 Å². The fraction of sp³-hybridized carbons (Fsp3) is 0.545. The first-order valence-electron chi connectivity index (χ1n) is 5.14. The highest BCUT2D eigenvalue weighted by Gasteiger charge is 2.12. The van der Waals surface area contributed by atoms with E-state index < -0.39 is 0 Å². The highest BCUT2D eigenvalue weighted by atomic mass is 16.5. The molecule has 0 saturated carbocycles. The Morgan fingerprint density at radius 2 is 2.00 bits per heavy atom. The molecule has 0 bridgehead atoms. The molecular weight excluding hydrogens is 190 g/mol. The van der Waals surface area contributed by atoms with Gasteiger partial charge in [-0.1, -0.05) is 13.8 Å². The number of hydrogen-bond donors (Lipinski definition) is 2. The number of hydrogen-bond acceptors (Lipinski definition) is 4. The number of rotatable bonds is 3. The molecule has 0 aliphatic carbocycles. The van der Waals surface area contributed by atoms with Crippen LogP contribution < -0.4 is 11.1 Å². The van der Waals surface area contributed by atoms with E-state index in [9.17, 15) is 0 Å². The van der Waals surface area contributed by atoms with Gasteiger partial charge in [-0.05, 0) is 6.92 Å². The summed E-state index contributed by atoms with van der Waals surface area (Å²) in [6.45, 7) is 5.95. The molecule has 15 heavy (non-hydrogen) atoms. The lowest BCUT2D eigenvalue weighted by Gasteiger charge is -2.16. The largest absolute Gasteiger partial charge is 0.397 e. The number of pyridine rings is 1. The first-order chi connectivity index (χ1) is 7.20. The summed E-state index contributed by atoms with van der Waals surface area (Å²) in [5.41, 5.74) is 8.31. The van der Waals surface area contributed by atoms with E-state index in [0.29, 0.717) is 5.69 Å². The summed E-state index contributed by atoms with van der Waals surface area (Å²) in [6, 6.07) is 0. The van der Waals surface area contributed by atoms with E-state index in [1.165, 1.54) is 0 Å². The zero-order valence-electron chi connectivity index (χ0n) is 10.2. The average molecular weight is 211 g/mol. The Labute approximate surface area is 91.8 Å². The number of nitrogens with one attached hydrogen (secondary N) is 1. The van der Waals surface area contributed by atoms with Gasteiger partial charge in [0, 0.05) is 19.7 Å². The number of nitrogen functional groups attached to an aromatic ring is 1. The maximum Gasteiger partial charge on any atom is 0.0834 e. The molecule has 1 aromatic rings. The minimum Gasteiger partial charge on any atom is -0.397 e. The van der Waals surface area contributed by atoms with E-state index in [1.807, 2.05) is 27.8 Å². The average Bonchev–Trinajstić information content (AvgIpc) is 2.30. The predicted octanol–water partition coefficient (Wildman–Crippen LogP) is 2.44. The van der Waals surface area contributed by atoms with Crippen molar-refractivity contribution >= 4 is 11.4 Å². The van der Waals surface area contributed by atoms with E-state index in [1.54, 1.807) is 19.5 Å². The third kappa shape index (κ3) is 3.40. The van der Waals surface area contributed by atoms with Gasteiger partial charge in [0.05, 0.1) is 29.9 Å². The lowest BCUT2D eigenvalue weighted by molar-refractivity contribution is 0.120. The first-order valence-corrected chi connectivity index (χ1v) is 5.14. The maximum absolute atomic E-state index is 5.79. The molecule has 4 heteroatoms. The molecule has 1 aromatic heterocycles. The Bertz CT molecular complexity index is 289. The van der Waals surface area contributed by atoms with Crippen LogP contribution in [0.5, 0.6) is 0 Å². The topological polar surface area (TPSA) is 60.2 Å². The van der Waals surface area contributed by atoms with Crippen LogP contribution in [0.25, 0.3) is 0 Å². The van der Waals surface area contributed by atoms with Gasteiger partial charge in [-0.2, -0.15) is 0 Å². The Hall–Kier alpha value is -1.29. The third-order valence-electron chi connectivity index (χ3n) is 2.05. The molecule has 0 spiro atoms. The number of methoxy groups -OCH3 is 1. The van der Waals surface area contributed by atoms with Crippen LogP contribution in [0.15, 0.2) is 12.4 Å². The molecule has 0 saturated heterocycles. The van der Waals surface area contributed by atoms with Gasteiger partial charge in [-0.25, -0.2) is 0 Å². The van der Waals surface area contributed by atoms with Gasteiger partial charge in [-0.15, -0.1) is 0 Å². The summed E-state index contributed by atoms with van der Waals surface area (Å²) < 4.78 is 5.21. The minimum atomic E-state index is -0.0227. The molecule has 0 amide bonds. The van der Waals surface area contributed by atoms with Crippen molar-refractivity contribution in [3.63, 3.8) is 0 Å². The lowest BCUT2D eigenvalue weighted by Crippen LogP contribution is -2.06. The van der Waals surface area contributed by atoms with Gasteiger partial charge in [0.25, 0.3) is 0 Å². The smallest absolute Gasteiger partial charge is 0.0834 e. The monoisotopic (exact) mass is 211 g/mol. The molecule has 1 atom stereocenters. The van der Waals surface area contributed by atoms with Crippen molar-refractivity contribution < 1.29 is 4.74 Å². The zero-order valence-corrected chi connectivity index (χ0v) is 10.2. The van der Waals surface area contributed by atoms with Crippen LogP contribution in [-0.4, -0.2) is 19.1 Å². The fourth-order valence-corrected chi connectivity index (χ4v) is 1.26. The van der Waals surface area contributed by atoms with Crippen molar-refractivity contribution in [3.05, 3.63) is 18.0 Å². The van der Waals surface area contributed by atoms with E-state index >= 15 is 0 Å². The first kappa shape index (κ1) is 13.7. The number of nitrogens with zero attached hydrogens (tertiary/aromatic N) is 1. The Morgan fingerprint density at radius 1 is 1.40 bits per heavy atom. The summed E-state index contributed by atoms with van der Waals surface area (Å²) in [4.78, 5) is 3.99. The molecule has 1 heterocycles. The van der Waals surface area contributed by atoms with Crippen molar-refractivity contribution in [3.8, 4) is 0 Å². The standard InChI is InChI=1S/C9H15N3O.C2H6/c1-6(13-3)9-7(10)4-12-5-8(9)11-2;1-2/h4-6,11H,10H2,1-3H3;1-2H3. The molecule has 0 radical (unpaired) electrons. The fourth-order valence-electron chi connectivity index (χ4n) is 1.26. The molecule has 1 unspecified atom stereocenters. The Morgan fingerprint density at radius 3 is 2.47 bits per heavy atom. The van der Waals surface area contributed by atoms with E-state index in [4.69, 9.17) is 10.5 Å². The minimum absolute atomic E-state index is 0.0227. The van der Waals surface area contributed by atoms with Crippen LogP contribution in [0.4, 0.5) is 11.4 Å². The molecule has 86 valence electrons. The van der Waals surface area contributed by atoms with Gasteiger partial charge in [0.2, 0.25) is 0 Å². The van der Waals surface area contributed by atoms with E-state index in [-0.39, 0.29) is 6.10 Å². The van der Waals surface area contributed by atoms with Gasteiger partial charge < -0.3 is 15.8 Å². The van der Waals surface area contributed by atoms with Crippen LogP contribution in [-0.2, 0) is 4.74 Å². The summed E-state index contributed by atoms with van der Waals surface area (Å²) in [7, 11) is 3.49. The maximum atomic E-state index is 5.79. The lowest BCUT2D eigenvalue weighted by atomic mass is 10.1. The quantitative estimate of drug-likeness (QED) is 0.806. The van der Waals surface area contributed by atoms with Gasteiger partial charge in [0.15, 0.2) is 0 Å². The van der Waals surface area contributed by atoms with Crippen LogP contribution in [0.1, 0.15) is 32.4 Å². The number of nitrogens with two attached hydrogens (primary N) is 1. The van der Waals surface area contributed by atoms with Gasteiger partial charge in [-0.3, -0.25) is 4.98 Å². The van der Waals surface area contributed by atoms with Crippen molar-refractivity contribution in [1.29, 1.82) is 0 Å². The SMILES string of the molecule is CC.CNc1cncc(N)c1C(C)OC. The van der Waals surface area contributed by atoms with E-state index in [2.05, 4.69) is 10.3 Å². The number of ether oxygens (including phenoxy) is 1. The molecule has 4 nitrogen and oxygen atoms in total. The molecule has 0 aliphatic rings. The molecule has 0 fully saturated rings. The summed E-state index contributed by atoms with van der Waals surface area (Å²) >= 11 is 0. The molecule has 3 N–H and O–H groups in total. The van der Waals surface area contributed by atoms with Crippen LogP contribution in [0.2, 0.25) is 0 Å². The van der Waals surface area contributed by atoms with Gasteiger partial charge >= 0.3 is 0 Å². The van der Waals surface area contributed by atoms with Crippen molar-refractivity contribution in [2.45, 2.75) is 26.9 Å². The molecule has 0 aliphatic heterocycles. The Kier molecular flexibility index (Phi) is 6.45. The van der Waals surface area contributed by atoms with E-state index in [0.717, 1.165) is 11.3 Å². The zero-order chi connectivity index (χ0) is 11.8. The van der Waals surface area contributed by atoms with Crippen LogP contribution >= 0.6 is 0 Å².